The Bertz CT molecular complexity index is 382. The zero-order chi connectivity index (χ0) is 13.6. The number of nitrogens with one attached hydrogen (secondary N) is 1. The lowest BCUT2D eigenvalue weighted by molar-refractivity contribution is -0.123. The lowest BCUT2D eigenvalue weighted by Crippen LogP contribution is -2.47. The number of carbonyl (C=O) groups excluding carboxylic acids is 1. The van der Waals surface area contributed by atoms with Crippen molar-refractivity contribution in [3.63, 3.8) is 0 Å². The maximum absolute atomic E-state index is 11.9. The lowest BCUT2D eigenvalue weighted by Gasteiger charge is -2.26. The van der Waals surface area contributed by atoms with Crippen molar-refractivity contribution in [2.24, 2.45) is 5.73 Å². The monoisotopic (exact) mass is 286 g/mol. The first kappa shape index (κ1) is 17.9. The highest BCUT2D eigenvalue weighted by Crippen LogP contribution is 2.14. The molecular weight excluding hydrogens is 264 g/mol. The van der Waals surface area contributed by atoms with E-state index < -0.39 is 0 Å². The molecule has 0 fully saturated rings. The SMILES string of the molecule is COCC(C)(C)NC(=O)CC(N)c1ccccc1.Cl. The largest absolute Gasteiger partial charge is 0.382 e. The second-order valence-corrected chi connectivity index (χ2v) is 5.09. The van der Waals surface area contributed by atoms with E-state index in [-0.39, 0.29) is 36.3 Å². The van der Waals surface area contributed by atoms with Crippen LogP contribution in [0.2, 0.25) is 0 Å². The Hall–Kier alpha value is -1.10. The number of hydrogen-bond donors (Lipinski definition) is 2. The van der Waals surface area contributed by atoms with Gasteiger partial charge in [-0.15, -0.1) is 12.4 Å². The summed E-state index contributed by atoms with van der Waals surface area (Å²) in [4.78, 5) is 11.9. The maximum Gasteiger partial charge on any atom is 0.222 e. The van der Waals surface area contributed by atoms with Crippen LogP contribution in [0.1, 0.15) is 31.9 Å². The van der Waals surface area contributed by atoms with Gasteiger partial charge < -0.3 is 15.8 Å². The highest BCUT2D eigenvalue weighted by Gasteiger charge is 2.21. The van der Waals surface area contributed by atoms with Crippen LogP contribution in [0.3, 0.4) is 0 Å². The van der Waals surface area contributed by atoms with Crippen LogP contribution in [0.25, 0.3) is 0 Å². The van der Waals surface area contributed by atoms with E-state index in [1.54, 1.807) is 7.11 Å². The van der Waals surface area contributed by atoms with Crippen molar-refractivity contribution in [3.8, 4) is 0 Å². The van der Waals surface area contributed by atoms with Crippen molar-refractivity contribution in [2.45, 2.75) is 31.8 Å². The van der Waals surface area contributed by atoms with Crippen molar-refractivity contribution < 1.29 is 9.53 Å². The second kappa shape index (κ2) is 8.15. The number of rotatable bonds is 6. The normalized spacial score (nSPS) is 12.4. The maximum atomic E-state index is 11.9. The summed E-state index contributed by atoms with van der Waals surface area (Å²) in [6.45, 7) is 4.31. The van der Waals surface area contributed by atoms with Gasteiger partial charge in [0.05, 0.1) is 12.1 Å². The van der Waals surface area contributed by atoms with Crippen LogP contribution >= 0.6 is 12.4 Å². The van der Waals surface area contributed by atoms with Gasteiger partial charge in [0.15, 0.2) is 0 Å². The first-order chi connectivity index (χ1) is 8.44. The molecule has 19 heavy (non-hydrogen) atoms. The molecule has 0 bridgehead atoms. The molecule has 0 aliphatic rings. The van der Waals surface area contributed by atoms with Gasteiger partial charge in [0.25, 0.3) is 0 Å². The summed E-state index contributed by atoms with van der Waals surface area (Å²) in [5, 5.41) is 2.91. The number of carbonyl (C=O) groups is 1. The smallest absolute Gasteiger partial charge is 0.222 e. The van der Waals surface area contributed by atoms with Crippen molar-refractivity contribution in [2.75, 3.05) is 13.7 Å². The van der Waals surface area contributed by atoms with Crippen molar-refractivity contribution in [1.82, 2.24) is 5.32 Å². The van der Waals surface area contributed by atoms with Crippen molar-refractivity contribution in [3.05, 3.63) is 35.9 Å². The van der Waals surface area contributed by atoms with E-state index in [0.29, 0.717) is 6.61 Å². The molecule has 0 heterocycles. The molecule has 0 aliphatic carbocycles. The van der Waals surface area contributed by atoms with Crippen molar-refractivity contribution >= 4 is 18.3 Å². The predicted molar refractivity (Wildman–Crippen MR) is 79.3 cm³/mol. The highest BCUT2D eigenvalue weighted by atomic mass is 35.5. The molecule has 1 unspecified atom stereocenters. The van der Waals surface area contributed by atoms with Gasteiger partial charge in [-0.05, 0) is 19.4 Å². The third-order valence-electron chi connectivity index (χ3n) is 2.62. The summed E-state index contributed by atoms with van der Waals surface area (Å²) < 4.78 is 5.05. The number of nitrogens with two attached hydrogens (primary N) is 1. The Labute approximate surface area is 121 Å². The van der Waals surface area contributed by atoms with E-state index in [0.717, 1.165) is 5.56 Å². The summed E-state index contributed by atoms with van der Waals surface area (Å²) in [5.41, 5.74) is 6.59. The molecule has 0 aromatic heterocycles. The Balaban J connectivity index is 0.00000324. The summed E-state index contributed by atoms with van der Waals surface area (Å²) >= 11 is 0. The van der Waals surface area contributed by atoms with Crippen LogP contribution in [0.5, 0.6) is 0 Å². The van der Waals surface area contributed by atoms with E-state index in [1.165, 1.54) is 0 Å². The van der Waals surface area contributed by atoms with Gasteiger partial charge in [-0.2, -0.15) is 0 Å². The molecule has 1 amide bonds. The minimum atomic E-state index is -0.373. The highest BCUT2D eigenvalue weighted by molar-refractivity contribution is 5.85. The molecular formula is C14H23ClN2O2. The number of ether oxygens (including phenoxy) is 1. The molecule has 0 saturated carbocycles. The Morgan fingerprint density at radius 2 is 1.95 bits per heavy atom. The summed E-state index contributed by atoms with van der Waals surface area (Å²) in [6, 6.07) is 9.35. The zero-order valence-corrected chi connectivity index (χ0v) is 12.5. The molecule has 1 aromatic carbocycles. The predicted octanol–water partition coefficient (Wildman–Crippen LogP) is 2.04. The quantitative estimate of drug-likeness (QED) is 0.841. The molecule has 1 rings (SSSR count). The van der Waals surface area contributed by atoms with E-state index in [2.05, 4.69) is 5.32 Å². The van der Waals surface area contributed by atoms with E-state index in [4.69, 9.17) is 10.5 Å². The number of methoxy groups -OCH3 is 1. The number of halogens is 1. The molecule has 0 aliphatic heterocycles. The summed E-state index contributed by atoms with van der Waals surface area (Å²) in [7, 11) is 1.61. The third kappa shape index (κ3) is 6.57. The molecule has 4 nitrogen and oxygen atoms in total. The molecule has 0 saturated heterocycles. The first-order valence-corrected chi connectivity index (χ1v) is 6.05. The van der Waals surface area contributed by atoms with Gasteiger partial charge in [0.1, 0.15) is 0 Å². The minimum absolute atomic E-state index is 0. The molecule has 5 heteroatoms. The minimum Gasteiger partial charge on any atom is -0.382 e. The topological polar surface area (TPSA) is 64.3 Å². The van der Waals surface area contributed by atoms with Crippen LogP contribution < -0.4 is 11.1 Å². The van der Waals surface area contributed by atoms with Gasteiger partial charge in [-0.3, -0.25) is 4.79 Å². The van der Waals surface area contributed by atoms with Crippen LogP contribution in [-0.2, 0) is 9.53 Å². The average Bonchev–Trinajstić information content (AvgIpc) is 2.28. The van der Waals surface area contributed by atoms with Gasteiger partial charge >= 0.3 is 0 Å². The van der Waals surface area contributed by atoms with Crippen molar-refractivity contribution in [1.29, 1.82) is 0 Å². The van der Waals surface area contributed by atoms with Crippen LogP contribution in [0.4, 0.5) is 0 Å². The Kier molecular flexibility index (Phi) is 7.68. The fraction of sp³-hybridized carbons (Fsp3) is 0.500. The van der Waals surface area contributed by atoms with Gasteiger partial charge in [0, 0.05) is 19.6 Å². The van der Waals surface area contributed by atoms with Gasteiger partial charge in [-0.25, -0.2) is 0 Å². The Morgan fingerprint density at radius 3 is 2.47 bits per heavy atom. The standard InChI is InChI=1S/C14H22N2O2.ClH/c1-14(2,10-18-3)16-13(17)9-12(15)11-7-5-4-6-8-11;/h4-8,12H,9-10,15H2,1-3H3,(H,16,17);1H. The van der Waals surface area contributed by atoms with Crippen LogP contribution in [0, 0.1) is 0 Å². The fourth-order valence-corrected chi connectivity index (χ4v) is 1.84. The van der Waals surface area contributed by atoms with Gasteiger partial charge in [-0.1, -0.05) is 30.3 Å². The zero-order valence-electron chi connectivity index (χ0n) is 11.7. The Morgan fingerprint density at radius 1 is 1.37 bits per heavy atom. The van der Waals surface area contributed by atoms with E-state index >= 15 is 0 Å². The second-order valence-electron chi connectivity index (χ2n) is 5.09. The molecule has 1 aromatic rings. The lowest BCUT2D eigenvalue weighted by atomic mass is 10.0. The molecule has 108 valence electrons. The summed E-state index contributed by atoms with van der Waals surface area (Å²) in [5.74, 6) is -0.0617. The fourth-order valence-electron chi connectivity index (χ4n) is 1.84. The molecule has 3 N–H and O–H groups in total. The van der Waals surface area contributed by atoms with Crippen LogP contribution in [0.15, 0.2) is 30.3 Å². The van der Waals surface area contributed by atoms with E-state index in [9.17, 15) is 4.79 Å². The molecule has 1 atom stereocenters. The first-order valence-electron chi connectivity index (χ1n) is 6.05. The molecule has 0 spiro atoms. The average molecular weight is 287 g/mol. The third-order valence-corrected chi connectivity index (χ3v) is 2.62. The summed E-state index contributed by atoms with van der Waals surface area (Å²) in [6.07, 6.45) is 0.275. The van der Waals surface area contributed by atoms with Crippen LogP contribution in [-0.4, -0.2) is 25.2 Å². The van der Waals surface area contributed by atoms with E-state index in [1.807, 2.05) is 44.2 Å². The number of benzene rings is 1. The molecule has 0 radical (unpaired) electrons. The van der Waals surface area contributed by atoms with Gasteiger partial charge in [0.2, 0.25) is 5.91 Å². The number of amides is 1. The number of hydrogen-bond acceptors (Lipinski definition) is 3.